The zero-order valence-electron chi connectivity index (χ0n) is 5.52. The van der Waals surface area contributed by atoms with E-state index in [1.54, 1.807) is 0 Å². The van der Waals surface area contributed by atoms with Gasteiger partial charge in [-0.3, -0.25) is 4.89 Å². The summed E-state index contributed by atoms with van der Waals surface area (Å²) < 4.78 is 0. The molecule has 0 rings (SSSR count). The van der Waals surface area contributed by atoms with E-state index < -0.39 is 0 Å². The first-order valence-corrected chi connectivity index (χ1v) is 2.80. The molecule has 3 nitrogen and oxygen atoms in total. The van der Waals surface area contributed by atoms with Crippen molar-refractivity contribution in [3.8, 4) is 12.5 Å². The van der Waals surface area contributed by atoms with Crippen LogP contribution in [0.2, 0.25) is 0 Å². The van der Waals surface area contributed by atoms with Gasteiger partial charge in [0.15, 0.2) is 6.11 Å². The van der Waals surface area contributed by atoms with Crippen LogP contribution in [0.15, 0.2) is 0 Å². The van der Waals surface area contributed by atoms with Gasteiger partial charge in [0, 0.05) is 0 Å². The smallest absolute Gasteiger partial charge is 0.153 e. The standard InChI is InChI=1S/C6H11NO2/c1-3-8-9-6-4-5-7-2/h1,7H,4-6H2,2H3. The molecular weight excluding hydrogens is 118 g/mol. The largest absolute Gasteiger partial charge is 0.320 e. The maximum absolute atomic E-state index is 4.73. The molecule has 0 aliphatic carbocycles. The molecule has 0 aromatic heterocycles. The van der Waals surface area contributed by atoms with E-state index in [4.69, 9.17) is 6.42 Å². The third-order valence-electron chi connectivity index (χ3n) is 0.761. The van der Waals surface area contributed by atoms with E-state index >= 15 is 0 Å². The minimum absolute atomic E-state index is 0.533. The van der Waals surface area contributed by atoms with Gasteiger partial charge in [-0.2, -0.15) is 4.89 Å². The van der Waals surface area contributed by atoms with Gasteiger partial charge in [-0.25, -0.2) is 0 Å². The van der Waals surface area contributed by atoms with E-state index in [2.05, 4.69) is 15.1 Å². The van der Waals surface area contributed by atoms with Crippen molar-refractivity contribution in [2.75, 3.05) is 20.2 Å². The van der Waals surface area contributed by atoms with Gasteiger partial charge in [0.1, 0.15) is 0 Å². The zero-order chi connectivity index (χ0) is 6.95. The van der Waals surface area contributed by atoms with Crippen molar-refractivity contribution in [2.24, 2.45) is 0 Å². The normalized spacial score (nSPS) is 8.44. The molecule has 0 fully saturated rings. The number of nitrogens with one attached hydrogen (secondary N) is 1. The average Bonchev–Trinajstić information content (AvgIpc) is 1.89. The van der Waals surface area contributed by atoms with Gasteiger partial charge in [-0.15, -0.1) is 0 Å². The van der Waals surface area contributed by atoms with Crippen LogP contribution < -0.4 is 5.32 Å². The minimum atomic E-state index is 0.533. The number of hydrogen-bond donors (Lipinski definition) is 1. The van der Waals surface area contributed by atoms with Crippen LogP contribution in [0, 0.1) is 12.5 Å². The van der Waals surface area contributed by atoms with Crippen molar-refractivity contribution in [3.05, 3.63) is 0 Å². The predicted octanol–water partition coefficient (Wildman–Crippen LogP) is 0.135. The molecule has 0 bridgehead atoms. The summed E-state index contributed by atoms with van der Waals surface area (Å²) in [4.78, 5) is 8.69. The lowest BCUT2D eigenvalue weighted by atomic mass is 10.5. The Morgan fingerprint density at radius 1 is 1.67 bits per heavy atom. The van der Waals surface area contributed by atoms with Crippen molar-refractivity contribution in [3.63, 3.8) is 0 Å². The Kier molecular flexibility index (Phi) is 6.70. The van der Waals surface area contributed by atoms with Crippen LogP contribution >= 0.6 is 0 Å². The SMILES string of the molecule is C#COOCCCNC. The lowest BCUT2D eigenvalue weighted by Gasteiger charge is -1.96. The molecule has 0 unspecified atom stereocenters. The van der Waals surface area contributed by atoms with Gasteiger partial charge in [0.2, 0.25) is 0 Å². The second-order valence-electron chi connectivity index (χ2n) is 1.48. The van der Waals surface area contributed by atoms with Crippen LogP contribution in [0.4, 0.5) is 0 Å². The summed E-state index contributed by atoms with van der Waals surface area (Å²) >= 11 is 0. The molecule has 0 saturated carbocycles. The third-order valence-corrected chi connectivity index (χ3v) is 0.761. The molecule has 0 aromatic rings. The second kappa shape index (κ2) is 7.28. The Morgan fingerprint density at radius 3 is 3.00 bits per heavy atom. The van der Waals surface area contributed by atoms with Crippen molar-refractivity contribution in [1.29, 1.82) is 0 Å². The molecule has 0 spiro atoms. The lowest BCUT2D eigenvalue weighted by Crippen LogP contribution is -2.09. The summed E-state index contributed by atoms with van der Waals surface area (Å²) in [5.41, 5.74) is 0. The molecule has 0 saturated heterocycles. The van der Waals surface area contributed by atoms with Crippen molar-refractivity contribution in [2.45, 2.75) is 6.42 Å². The van der Waals surface area contributed by atoms with Gasteiger partial charge in [-0.05, 0) is 20.0 Å². The molecule has 0 aliphatic heterocycles. The zero-order valence-corrected chi connectivity index (χ0v) is 5.52. The highest BCUT2D eigenvalue weighted by molar-refractivity contribution is 4.64. The summed E-state index contributed by atoms with van der Waals surface area (Å²) in [6, 6.07) is 0. The fourth-order valence-corrected chi connectivity index (χ4v) is 0.384. The maximum atomic E-state index is 4.73. The van der Waals surface area contributed by atoms with Crippen LogP contribution in [-0.2, 0) is 9.78 Å². The van der Waals surface area contributed by atoms with Crippen LogP contribution in [-0.4, -0.2) is 20.2 Å². The average molecular weight is 129 g/mol. The second-order valence-corrected chi connectivity index (χ2v) is 1.48. The van der Waals surface area contributed by atoms with Crippen LogP contribution in [0.3, 0.4) is 0 Å². The van der Waals surface area contributed by atoms with Gasteiger partial charge >= 0.3 is 0 Å². The molecular formula is C6H11NO2. The number of rotatable bonds is 5. The fourth-order valence-electron chi connectivity index (χ4n) is 0.384. The van der Waals surface area contributed by atoms with E-state index in [1.165, 1.54) is 0 Å². The summed E-state index contributed by atoms with van der Waals surface area (Å²) in [5.74, 6) is 0. The molecule has 0 heterocycles. The van der Waals surface area contributed by atoms with Gasteiger partial charge in [-0.1, -0.05) is 6.42 Å². The molecule has 9 heavy (non-hydrogen) atoms. The molecule has 3 heteroatoms. The highest BCUT2D eigenvalue weighted by atomic mass is 17.2. The van der Waals surface area contributed by atoms with E-state index in [9.17, 15) is 0 Å². The Bertz CT molecular complexity index is 87.5. The summed E-state index contributed by atoms with van der Waals surface area (Å²) in [5, 5.41) is 2.96. The number of hydrogen-bond acceptors (Lipinski definition) is 3. The molecule has 0 radical (unpaired) electrons. The van der Waals surface area contributed by atoms with E-state index in [1.807, 2.05) is 13.2 Å². The highest BCUT2D eigenvalue weighted by Crippen LogP contribution is 1.79. The quantitative estimate of drug-likeness (QED) is 0.248. The molecule has 1 N–H and O–H groups in total. The first kappa shape index (κ1) is 8.28. The molecule has 0 atom stereocenters. The first-order chi connectivity index (χ1) is 4.41. The topological polar surface area (TPSA) is 30.5 Å². The Labute approximate surface area is 55.3 Å². The first-order valence-electron chi connectivity index (χ1n) is 2.80. The third kappa shape index (κ3) is 7.28. The number of terminal acetylenes is 1. The lowest BCUT2D eigenvalue weighted by molar-refractivity contribution is -0.236. The van der Waals surface area contributed by atoms with Gasteiger partial charge < -0.3 is 5.32 Å². The molecule has 0 aliphatic rings. The summed E-state index contributed by atoms with van der Waals surface area (Å²) in [6.45, 7) is 1.44. The van der Waals surface area contributed by atoms with Gasteiger partial charge in [0.05, 0.1) is 6.61 Å². The van der Waals surface area contributed by atoms with E-state index in [0.717, 1.165) is 13.0 Å². The van der Waals surface area contributed by atoms with Crippen LogP contribution in [0.25, 0.3) is 0 Å². The Morgan fingerprint density at radius 2 is 2.44 bits per heavy atom. The molecule has 52 valence electrons. The Balaban J connectivity index is 2.69. The monoisotopic (exact) mass is 129 g/mol. The summed E-state index contributed by atoms with van der Waals surface area (Å²) in [6.07, 6.45) is 7.53. The minimum Gasteiger partial charge on any atom is -0.320 e. The fraction of sp³-hybridized carbons (Fsp3) is 0.667. The molecule has 0 amide bonds. The van der Waals surface area contributed by atoms with E-state index in [-0.39, 0.29) is 0 Å². The van der Waals surface area contributed by atoms with E-state index in [0.29, 0.717) is 6.61 Å². The predicted molar refractivity (Wildman–Crippen MR) is 34.4 cm³/mol. The van der Waals surface area contributed by atoms with Crippen molar-refractivity contribution >= 4 is 0 Å². The maximum Gasteiger partial charge on any atom is 0.153 e. The van der Waals surface area contributed by atoms with Gasteiger partial charge in [0.25, 0.3) is 0 Å². The van der Waals surface area contributed by atoms with Crippen LogP contribution in [0.5, 0.6) is 0 Å². The highest BCUT2D eigenvalue weighted by Gasteiger charge is 1.84. The van der Waals surface area contributed by atoms with Crippen LogP contribution in [0.1, 0.15) is 6.42 Å². The van der Waals surface area contributed by atoms with Crippen molar-refractivity contribution in [1.82, 2.24) is 5.32 Å². The van der Waals surface area contributed by atoms with Crippen molar-refractivity contribution < 1.29 is 9.78 Å². The molecule has 0 aromatic carbocycles. The Hall–Kier alpha value is -0.720. The summed E-state index contributed by atoms with van der Waals surface area (Å²) in [7, 11) is 1.88.